The molecule has 2 heterocycles. The lowest BCUT2D eigenvalue weighted by Crippen LogP contribution is -2.40. The highest BCUT2D eigenvalue weighted by molar-refractivity contribution is 5.78. The maximum atomic E-state index is 11.1. The Kier molecular flexibility index (Phi) is 6.62. The second-order valence-electron chi connectivity index (χ2n) is 6.29. The van der Waals surface area contributed by atoms with E-state index in [-0.39, 0.29) is 0 Å². The molecule has 0 aliphatic carbocycles. The first-order valence-electron chi connectivity index (χ1n) is 8.64. The third kappa shape index (κ3) is 4.41. The zero-order chi connectivity index (χ0) is 15.9. The lowest BCUT2D eigenvalue weighted by Gasteiger charge is -2.08. The molecule has 0 amide bonds. The molecule has 0 aromatic rings. The van der Waals surface area contributed by atoms with Crippen molar-refractivity contribution in [1.82, 2.24) is 0 Å². The molecule has 22 heavy (non-hydrogen) atoms. The summed E-state index contributed by atoms with van der Waals surface area (Å²) in [6, 6.07) is 0. The molecule has 2 aliphatic rings. The van der Waals surface area contributed by atoms with Gasteiger partial charge >= 0.3 is 17.5 Å². The van der Waals surface area contributed by atoms with Crippen molar-refractivity contribution in [2.45, 2.75) is 95.5 Å². The topological polar surface area (TPSA) is 87.4 Å². The minimum atomic E-state index is -1.73. The first kappa shape index (κ1) is 17.7. The Bertz CT molecular complexity index is 349. The summed E-state index contributed by atoms with van der Waals surface area (Å²) < 4.78 is 0. The van der Waals surface area contributed by atoms with Gasteiger partial charge in [-0.1, -0.05) is 71.1 Å². The van der Waals surface area contributed by atoms with E-state index in [1.807, 2.05) is 0 Å². The van der Waals surface area contributed by atoms with Crippen molar-refractivity contribution in [1.29, 1.82) is 0 Å². The molecule has 128 valence electrons. The van der Waals surface area contributed by atoms with Gasteiger partial charge in [0.25, 0.3) is 0 Å². The molecule has 0 bridgehead atoms. The van der Waals surface area contributed by atoms with E-state index in [1.165, 1.54) is 51.4 Å². The van der Waals surface area contributed by atoms with Crippen molar-refractivity contribution in [3.63, 3.8) is 0 Å². The van der Waals surface area contributed by atoms with Crippen LogP contribution in [-0.2, 0) is 24.3 Å². The molecule has 0 aromatic carbocycles. The highest BCUT2D eigenvalue weighted by Crippen LogP contribution is 2.54. The van der Waals surface area contributed by atoms with Crippen LogP contribution in [-0.4, -0.2) is 22.7 Å². The molecule has 6 heteroatoms. The number of hydrogen-bond acceptors (Lipinski definition) is 5. The Balaban J connectivity index is 1.43. The zero-order valence-electron chi connectivity index (χ0n) is 13.5. The standard InChI is InChI=1S/C16H28O6/c1-2-3-4-5-6-7-8-9-10-11-12-13-15(19-20-15)16(14(17)18)21-22-16/h2-13H2,1H3,(H,17,18). The molecule has 0 unspecified atom stereocenters. The van der Waals surface area contributed by atoms with Crippen molar-refractivity contribution < 1.29 is 29.5 Å². The van der Waals surface area contributed by atoms with Crippen LogP contribution in [0.2, 0.25) is 0 Å². The van der Waals surface area contributed by atoms with Crippen molar-refractivity contribution in [3.8, 4) is 0 Å². The fraction of sp³-hybridized carbons (Fsp3) is 0.938. The highest BCUT2D eigenvalue weighted by atomic mass is 17.5. The summed E-state index contributed by atoms with van der Waals surface area (Å²) >= 11 is 0. The number of unbranched alkanes of at least 4 members (excludes halogenated alkanes) is 10. The van der Waals surface area contributed by atoms with Crippen LogP contribution in [0.3, 0.4) is 0 Å². The van der Waals surface area contributed by atoms with Crippen LogP contribution in [0.4, 0.5) is 0 Å². The molecule has 2 rings (SSSR count). The van der Waals surface area contributed by atoms with Crippen LogP contribution in [0.15, 0.2) is 0 Å². The summed E-state index contributed by atoms with van der Waals surface area (Å²) in [5.74, 6) is -4.16. The molecule has 2 fully saturated rings. The summed E-state index contributed by atoms with van der Waals surface area (Å²) in [6.07, 6.45) is 14.1. The molecule has 0 spiro atoms. The summed E-state index contributed by atoms with van der Waals surface area (Å²) in [7, 11) is 0. The van der Waals surface area contributed by atoms with Crippen molar-refractivity contribution in [2.75, 3.05) is 0 Å². The van der Waals surface area contributed by atoms with Crippen molar-refractivity contribution in [3.05, 3.63) is 0 Å². The van der Waals surface area contributed by atoms with E-state index in [0.29, 0.717) is 6.42 Å². The molecular weight excluding hydrogens is 288 g/mol. The minimum Gasteiger partial charge on any atom is -0.477 e. The maximum Gasteiger partial charge on any atom is 0.386 e. The number of hydrogen-bond donors (Lipinski definition) is 1. The third-order valence-corrected chi connectivity index (χ3v) is 4.43. The van der Waals surface area contributed by atoms with E-state index in [4.69, 9.17) is 14.9 Å². The summed E-state index contributed by atoms with van der Waals surface area (Å²) in [6.45, 7) is 2.24. The van der Waals surface area contributed by atoms with E-state index in [0.717, 1.165) is 19.3 Å². The molecule has 2 aliphatic heterocycles. The normalized spacial score (nSPS) is 20.8. The predicted molar refractivity (Wildman–Crippen MR) is 78.5 cm³/mol. The minimum absolute atomic E-state index is 0.482. The molecule has 1 N–H and O–H groups in total. The van der Waals surface area contributed by atoms with Gasteiger partial charge in [0, 0.05) is 6.42 Å². The van der Waals surface area contributed by atoms with E-state index in [2.05, 4.69) is 16.7 Å². The predicted octanol–water partition coefficient (Wildman–Crippen LogP) is 4.09. The number of carbonyl (C=O) groups is 1. The van der Waals surface area contributed by atoms with Crippen LogP contribution < -0.4 is 0 Å². The molecule has 0 radical (unpaired) electrons. The lowest BCUT2D eigenvalue weighted by atomic mass is 10.00. The van der Waals surface area contributed by atoms with Crippen LogP contribution in [0.25, 0.3) is 0 Å². The summed E-state index contributed by atoms with van der Waals surface area (Å²) in [4.78, 5) is 29.9. The Labute approximate surface area is 131 Å². The molecular formula is C16H28O6. The van der Waals surface area contributed by atoms with Gasteiger partial charge in [-0.15, -0.1) is 0 Å². The largest absolute Gasteiger partial charge is 0.477 e. The van der Waals surface area contributed by atoms with E-state index < -0.39 is 17.5 Å². The molecule has 2 saturated heterocycles. The van der Waals surface area contributed by atoms with Gasteiger partial charge < -0.3 is 5.11 Å². The third-order valence-electron chi connectivity index (χ3n) is 4.43. The maximum absolute atomic E-state index is 11.1. The fourth-order valence-corrected chi connectivity index (χ4v) is 2.83. The number of carboxylic acids is 1. The lowest BCUT2D eigenvalue weighted by molar-refractivity contribution is -0.148. The van der Waals surface area contributed by atoms with Crippen molar-refractivity contribution in [2.24, 2.45) is 0 Å². The Morgan fingerprint density at radius 2 is 1.23 bits per heavy atom. The van der Waals surface area contributed by atoms with Gasteiger partial charge in [0.15, 0.2) is 0 Å². The Hall–Kier alpha value is -0.690. The SMILES string of the molecule is CCCCCCCCCCCCCC1(C2(C(=O)O)OO2)OO1. The van der Waals surface area contributed by atoms with E-state index in [9.17, 15) is 4.79 Å². The van der Waals surface area contributed by atoms with Gasteiger partial charge in [-0.3, -0.25) is 0 Å². The number of carboxylic acid groups (broad SMARTS) is 1. The Morgan fingerprint density at radius 3 is 1.59 bits per heavy atom. The second-order valence-corrected chi connectivity index (χ2v) is 6.29. The first-order valence-corrected chi connectivity index (χ1v) is 8.64. The average Bonchev–Trinajstić information content (AvgIpc) is 3.37. The first-order chi connectivity index (χ1) is 10.7. The van der Waals surface area contributed by atoms with Gasteiger partial charge in [-0.2, -0.15) is 19.6 Å². The van der Waals surface area contributed by atoms with Gasteiger partial charge in [0.05, 0.1) is 0 Å². The Morgan fingerprint density at radius 1 is 0.773 bits per heavy atom. The smallest absolute Gasteiger partial charge is 0.386 e. The van der Waals surface area contributed by atoms with Gasteiger partial charge in [0.2, 0.25) is 0 Å². The monoisotopic (exact) mass is 316 g/mol. The van der Waals surface area contributed by atoms with Crippen LogP contribution in [0, 0.1) is 0 Å². The molecule has 0 aromatic heterocycles. The van der Waals surface area contributed by atoms with Crippen LogP contribution >= 0.6 is 0 Å². The highest BCUT2D eigenvalue weighted by Gasteiger charge is 2.82. The molecule has 6 nitrogen and oxygen atoms in total. The van der Waals surface area contributed by atoms with E-state index in [1.54, 1.807) is 0 Å². The average molecular weight is 316 g/mol. The number of aliphatic carboxylic acids is 1. The summed E-state index contributed by atoms with van der Waals surface area (Å²) in [5.41, 5.74) is 0. The van der Waals surface area contributed by atoms with E-state index >= 15 is 0 Å². The van der Waals surface area contributed by atoms with Gasteiger partial charge in [-0.05, 0) is 6.42 Å². The van der Waals surface area contributed by atoms with Crippen LogP contribution in [0.1, 0.15) is 84.0 Å². The van der Waals surface area contributed by atoms with Crippen LogP contribution in [0.5, 0.6) is 0 Å². The van der Waals surface area contributed by atoms with Gasteiger partial charge in [-0.25, -0.2) is 4.79 Å². The van der Waals surface area contributed by atoms with Crippen molar-refractivity contribution >= 4 is 5.97 Å². The second kappa shape index (κ2) is 8.24. The molecule has 0 saturated carbocycles. The van der Waals surface area contributed by atoms with Gasteiger partial charge in [0.1, 0.15) is 0 Å². The molecule has 0 atom stereocenters. The number of rotatable bonds is 14. The quantitative estimate of drug-likeness (QED) is 0.295. The zero-order valence-corrected chi connectivity index (χ0v) is 13.5. The fourth-order valence-electron chi connectivity index (χ4n) is 2.83. The summed E-state index contributed by atoms with van der Waals surface area (Å²) in [5, 5.41) is 9.05.